The van der Waals surface area contributed by atoms with Crippen LogP contribution in [-0.4, -0.2) is 23.1 Å². The lowest BCUT2D eigenvalue weighted by molar-refractivity contribution is -0.150. The number of carbonyl (C=O) groups is 2. The van der Waals surface area contributed by atoms with E-state index in [4.69, 9.17) is 9.84 Å². The first kappa shape index (κ1) is 42.4. The van der Waals surface area contributed by atoms with Crippen LogP contribution < -0.4 is 0 Å². The van der Waals surface area contributed by atoms with Crippen molar-refractivity contribution in [1.29, 1.82) is 0 Å². The van der Waals surface area contributed by atoms with Crippen LogP contribution in [0.3, 0.4) is 0 Å². The first-order valence-electron chi connectivity index (χ1n) is 19.3. The summed E-state index contributed by atoms with van der Waals surface area (Å²) in [5.41, 5.74) is 0. The molecular weight excluding hydrogens is 544 g/mol. The Morgan fingerprint density at radius 2 is 0.886 bits per heavy atom. The van der Waals surface area contributed by atoms with Gasteiger partial charge in [-0.3, -0.25) is 9.59 Å². The van der Waals surface area contributed by atoms with Gasteiger partial charge in [-0.1, -0.05) is 154 Å². The third-order valence-corrected chi connectivity index (χ3v) is 8.68. The second-order valence-electron chi connectivity index (χ2n) is 13.1. The fourth-order valence-corrected chi connectivity index (χ4v) is 5.80. The van der Waals surface area contributed by atoms with E-state index in [0.717, 1.165) is 77.0 Å². The van der Waals surface area contributed by atoms with Crippen LogP contribution in [0.4, 0.5) is 0 Å². The molecule has 0 rings (SSSR count). The molecule has 0 amide bonds. The molecule has 0 aliphatic carbocycles. The van der Waals surface area contributed by atoms with Crippen molar-refractivity contribution in [2.24, 2.45) is 0 Å². The molecular formula is C40H74O4. The molecule has 4 nitrogen and oxygen atoms in total. The summed E-state index contributed by atoms with van der Waals surface area (Å²) in [7, 11) is 0. The molecule has 44 heavy (non-hydrogen) atoms. The van der Waals surface area contributed by atoms with Crippen molar-refractivity contribution in [3.05, 3.63) is 24.3 Å². The number of rotatable bonds is 35. The van der Waals surface area contributed by atoms with Gasteiger partial charge in [-0.15, -0.1) is 0 Å². The SMILES string of the molecule is CCCCC/C=C\C/C=C\CCCCCCCCCCCCCC(=O)OC(CCCCCC)CCCCCCCCC(=O)O. The fraction of sp³-hybridized carbons (Fsp3) is 0.850. The number of esters is 1. The molecule has 0 heterocycles. The van der Waals surface area contributed by atoms with Gasteiger partial charge in [-0.2, -0.15) is 0 Å². The number of unbranched alkanes of at least 4 members (excludes halogenated alkanes) is 22. The van der Waals surface area contributed by atoms with Gasteiger partial charge in [-0.05, 0) is 70.6 Å². The highest BCUT2D eigenvalue weighted by Crippen LogP contribution is 2.18. The normalized spacial score (nSPS) is 12.4. The van der Waals surface area contributed by atoms with Gasteiger partial charge >= 0.3 is 11.9 Å². The van der Waals surface area contributed by atoms with Gasteiger partial charge in [0.05, 0.1) is 0 Å². The maximum atomic E-state index is 12.5. The molecule has 0 bridgehead atoms. The van der Waals surface area contributed by atoms with Gasteiger partial charge in [-0.25, -0.2) is 0 Å². The van der Waals surface area contributed by atoms with Crippen LogP contribution >= 0.6 is 0 Å². The Kier molecular flexibility index (Phi) is 34.6. The fourth-order valence-electron chi connectivity index (χ4n) is 5.80. The molecule has 258 valence electrons. The Balaban J connectivity index is 3.70. The summed E-state index contributed by atoms with van der Waals surface area (Å²) < 4.78 is 5.94. The van der Waals surface area contributed by atoms with E-state index in [1.54, 1.807) is 0 Å². The molecule has 1 atom stereocenters. The summed E-state index contributed by atoms with van der Waals surface area (Å²) in [4.78, 5) is 23.1. The number of hydrogen-bond acceptors (Lipinski definition) is 3. The van der Waals surface area contributed by atoms with Crippen LogP contribution in [-0.2, 0) is 14.3 Å². The second kappa shape index (κ2) is 35.9. The third kappa shape index (κ3) is 34.9. The molecule has 1 N–H and O–H groups in total. The summed E-state index contributed by atoms with van der Waals surface area (Å²) in [6.45, 7) is 4.49. The molecule has 0 saturated heterocycles. The van der Waals surface area contributed by atoms with Crippen molar-refractivity contribution in [2.75, 3.05) is 0 Å². The van der Waals surface area contributed by atoms with Crippen LogP contribution in [0.25, 0.3) is 0 Å². The van der Waals surface area contributed by atoms with Gasteiger partial charge in [0.2, 0.25) is 0 Å². The van der Waals surface area contributed by atoms with Crippen molar-refractivity contribution in [3.63, 3.8) is 0 Å². The lowest BCUT2D eigenvalue weighted by atomic mass is 10.0. The maximum Gasteiger partial charge on any atom is 0.306 e. The quantitative estimate of drug-likeness (QED) is 0.0436. The Bertz CT molecular complexity index is 668. The highest BCUT2D eigenvalue weighted by atomic mass is 16.5. The zero-order valence-corrected chi connectivity index (χ0v) is 29.5. The van der Waals surface area contributed by atoms with Gasteiger partial charge in [0, 0.05) is 12.8 Å². The monoisotopic (exact) mass is 619 g/mol. The molecule has 0 aliphatic rings. The number of hydrogen-bond donors (Lipinski definition) is 1. The topological polar surface area (TPSA) is 63.6 Å². The summed E-state index contributed by atoms with van der Waals surface area (Å²) in [5.74, 6) is -0.690. The largest absolute Gasteiger partial charge is 0.481 e. The van der Waals surface area contributed by atoms with Gasteiger partial charge in [0.1, 0.15) is 6.10 Å². The third-order valence-electron chi connectivity index (χ3n) is 8.68. The zero-order chi connectivity index (χ0) is 32.2. The van der Waals surface area contributed by atoms with Gasteiger partial charge < -0.3 is 9.84 Å². The molecule has 0 spiro atoms. The summed E-state index contributed by atoms with van der Waals surface area (Å²) in [5, 5.41) is 8.74. The van der Waals surface area contributed by atoms with Crippen LogP contribution in [0, 0.1) is 0 Å². The number of aliphatic carboxylic acids is 1. The Hall–Kier alpha value is -1.58. The van der Waals surface area contributed by atoms with Crippen LogP contribution in [0.15, 0.2) is 24.3 Å². The summed E-state index contributed by atoms with van der Waals surface area (Å²) >= 11 is 0. The second-order valence-corrected chi connectivity index (χ2v) is 13.1. The highest BCUT2D eigenvalue weighted by Gasteiger charge is 2.14. The Labute approximate surface area is 274 Å². The van der Waals surface area contributed by atoms with E-state index in [1.807, 2.05) is 0 Å². The van der Waals surface area contributed by atoms with E-state index in [1.165, 1.54) is 109 Å². The van der Waals surface area contributed by atoms with Crippen molar-refractivity contribution in [1.82, 2.24) is 0 Å². The van der Waals surface area contributed by atoms with E-state index < -0.39 is 5.97 Å². The molecule has 0 aromatic heterocycles. The first-order chi connectivity index (χ1) is 21.6. The molecule has 0 radical (unpaired) electrons. The molecule has 1 unspecified atom stereocenters. The van der Waals surface area contributed by atoms with E-state index >= 15 is 0 Å². The van der Waals surface area contributed by atoms with E-state index in [2.05, 4.69) is 38.2 Å². The molecule has 0 fully saturated rings. The van der Waals surface area contributed by atoms with E-state index in [9.17, 15) is 9.59 Å². The van der Waals surface area contributed by atoms with Crippen LogP contribution in [0.2, 0.25) is 0 Å². The molecule has 0 saturated carbocycles. The molecule has 0 aliphatic heterocycles. The van der Waals surface area contributed by atoms with Crippen LogP contribution in [0.1, 0.15) is 213 Å². The lowest BCUT2D eigenvalue weighted by Crippen LogP contribution is -2.18. The molecule has 4 heteroatoms. The van der Waals surface area contributed by atoms with Crippen molar-refractivity contribution in [3.8, 4) is 0 Å². The zero-order valence-electron chi connectivity index (χ0n) is 29.5. The molecule has 0 aromatic rings. The Morgan fingerprint density at radius 3 is 1.39 bits per heavy atom. The summed E-state index contributed by atoms with van der Waals surface area (Å²) in [6.07, 6.45) is 45.1. The minimum atomic E-state index is -0.694. The average molecular weight is 619 g/mol. The van der Waals surface area contributed by atoms with Crippen molar-refractivity contribution >= 4 is 11.9 Å². The number of carboxylic acids is 1. The van der Waals surface area contributed by atoms with Gasteiger partial charge in [0.25, 0.3) is 0 Å². The predicted octanol–water partition coefficient (Wildman–Crippen LogP) is 13.2. The minimum absolute atomic E-state index is 0.00398. The number of allylic oxidation sites excluding steroid dienone is 4. The van der Waals surface area contributed by atoms with E-state index in [0.29, 0.717) is 6.42 Å². The standard InChI is InChI=1S/C40H74O4/c1-3-5-7-9-10-11-12-13-14-15-16-17-18-19-20-21-22-23-24-29-33-37-40(43)44-38(34-30-8-6-4-2)35-31-27-25-26-28-32-36-39(41)42/h10-11,13-14,38H,3-9,12,15-37H2,1-2H3,(H,41,42)/b11-10-,14-13-. The highest BCUT2D eigenvalue weighted by molar-refractivity contribution is 5.69. The average Bonchev–Trinajstić information content (AvgIpc) is 3.01. The number of ether oxygens (including phenoxy) is 1. The number of carboxylic acid groups (broad SMARTS) is 1. The van der Waals surface area contributed by atoms with Crippen molar-refractivity contribution < 1.29 is 19.4 Å². The Morgan fingerprint density at radius 1 is 0.500 bits per heavy atom. The van der Waals surface area contributed by atoms with E-state index in [-0.39, 0.29) is 18.5 Å². The van der Waals surface area contributed by atoms with Crippen molar-refractivity contribution in [2.45, 2.75) is 219 Å². The minimum Gasteiger partial charge on any atom is -0.481 e. The smallest absolute Gasteiger partial charge is 0.306 e. The predicted molar refractivity (Wildman–Crippen MR) is 190 cm³/mol. The number of carbonyl (C=O) groups excluding carboxylic acids is 1. The first-order valence-corrected chi connectivity index (χ1v) is 19.3. The molecule has 0 aromatic carbocycles. The van der Waals surface area contributed by atoms with Crippen LogP contribution in [0.5, 0.6) is 0 Å². The summed E-state index contributed by atoms with van der Waals surface area (Å²) in [6, 6.07) is 0. The van der Waals surface area contributed by atoms with Gasteiger partial charge in [0.15, 0.2) is 0 Å². The maximum absolute atomic E-state index is 12.5. The lowest BCUT2D eigenvalue weighted by Gasteiger charge is -2.18.